The highest BCUT2D eigenvalue weighted by Gasteiger charge is 1.96. The van der Waals surface area contributed by atoms with E-state index in [0.717, 1.165) is 12.2 Å². The standard InChI is InChI=1S/C28H48O/c1-3-4-5-6-7-8-9-10-11-12-13-14-15-16-17-18-19-20-23-26-29-28-25-22-21-24-27(28)2/h21-26H,3-20H2,1-2H3. The van der Waals surface area contributed by atoms with Gasteiger partial charge in [0, 0.05) is 0 Å². The zero-order valence-corrected chi connectivity index (χ0v) is 19.6. The van der Waals surface area contributed by atoms with Gasteiger partial charge in [-0.25, -0.2) is 0 Å². The third-order valence-corrected chi connectivity index (χ3v) is 5.86. The van der Waals surface area contributed by atoms with E-state index in [1.807, 2.05) is 24.5 Å². The van der Waals surface area contributed by atoms with Gasteiger partial charge >= 0.3 is 0 Å². The van der Waals surface area contributed by atoms with Gasteiger partial charge in [0.1, 0.15) is 5.75 Å². The van der Waals surface area contributed by atoms with Crippen molar-refractivity contribution in [1.29, 1.82) is 0 Å². The highest BCUT2D eigenvalue weighted by Crippen LogP contribution is 2.17. The fourth-order valence-corrected chi connectivity index (χ4v) is 3.87. The number of aryl methyl sites for hydroxylation is 1. The summed E-state index contributed by atoms with van der Waals surface area (Å²) in [5, 5.41) is 0. The summed E-state index contributed by atoms with van der Waals surface area (Å²) in [6.07, 6.45) is 29.4. The number of allylic oxidation sites excluding steroid dienone is 1. The van der Waals surface area contributed by atoms with E-state index < -0.39 is 0 Å². The Kier molecular flexibility index (Phi) is 17.8. The topological polar surface area (TPSA) is 9.23 Å². The highest BCUT2D eigenvalue weighted by molar-refractivity contribution is 5.32. The van der Waals surface area contributed by atoms with Crippen molar-refractivity contribution in [3.8, 4) is 5.75 Å². The zero-order chi connectivity index (χ0) is 20.8. The molecule has 0 aromatic heterocycles. The Morgan fingerprint density at radius 2 is 1.07 bits per heavy atom. The molecule has 0 amide bonds. The summed E-state index contributed by atoms with van der Waals surface area (Å²) in [5.41, 5.74) is 1.19. The van der Waals surface area contributed by atoms with Crippen LogP contribution in [-0.4, -0.2) is 0 Å². The molecule has 0 bridgehead atoms. The third kappa shape index (κ3) is 16.3. The quantitative estimate of drug-likeness (QED) is 0.156. The van der Waals surface area contributed by atoms with Gasteiger partial charge in [-0.3, -0.25) is 0 Å². The first kappa shape index (κ1) is 25.8. The van der Waals surface area contributed by atoms with Crippen LogP contribution in [0.3, 0.4) is 0 Å². The smallest absolute Gasteiger partial charge is 0.129 e. The molecule has 0 radical (unpaired) electrons. The molecule has 0 unspecified atom stereocenters. The maximum absolute atomic E-state index is 5.69. The summed E-state index contributed by atoms with van der Waals surface area (Å²) in [6, 6.07) is 8.17. The molecule has 29 heavy (non-hydrogen) atoms. The lowest BCUT2D eigenvalue weighted by atomic mass is 10.0. The van der Waals surface area contributed by atoms with Crippen molar-refractivity contribution in [2.24, 2.45) is 0 Å². The van der Waals surface area contributed by atoms with Crippen molar-refractivity contribution in [3.63, 3.8) is 0 Å². The Morgan fingerprint density at radius 1 is 0.621 bits per heavy atom. The van der Waals surface area contributed by atoms with Crippen LogP contribution in [0, 0.1) is 6.92 Å². The van der Waals surface area contributed by atoms with E-state index in [1.54, 1.807) is 0 Å². The molecule has 0 spiro atoms. The highest BCUT2D eigenvalue weighted by atomic mass is 16.5. The second-order valence-electron chi connectivity index (χ2n) is 8.70. The minimum atomic E-state index is 0.964. The molecule has 0 fully saturated rings. The average molecular weight is 401 g/mol. The molecule has 0 atom stereocenters. The largest absolute Gasteiger partial charge is 0.465 e. The molecule has 1 aromatic carbocycles. The van der Waals surface area contributed by atoms with Crippen LogP contribution in [0.25, 0.3) is 0 Å². The van der Waals surface area contributed by atoms with E-state index in [2.05, 4.69) is 26.0 Å². The molecule has 0 saturated carbocycles. The number of benzene rings is 1. The lowest BCUT2D eigenvalue weighted by Crippen LogP contribution is -1.85. The van der Waals surface area contributed by atoms with Crippen LogP contribution >= 0.6 is 0 Å². The summed E-state index contributed by atoms with van der Waals surface area (Å²) < 4.78 is 5.69. The van der Waals surface area contributed by atoms with E-state index >= 15 is 0 Å². The van der Waals surface area contributed by atoms with Gasteiger partial charge < -0.3 is 4.74 Å². The molecule has 1 rings (SSSR count). The minimum absolute atomic E-state index is 0.964. The summed E-state index contributed by atoms with van der Waals surface area (Å²) >= 11 is 0. The van der Waals surface area contributed by atoms with E-state index in [-0.39, 0.29) is 0 Å². The Balaban J connectivity index is 1.75. The number of rotatable bonds is 20. The van der Waals surface area contributed by atoms with E-state index in [4.69, 9.17) is 4.74 Å². The number of hydrogen-bond donors (Lipinski definition) is 0. The van der Waals surface area contributed by atoms with Gasteiger partial charge in [-0.2, -0.15) is 0 Å². The van der Waals surface area contributed by atoms with Crippen LogP contribution in [0.2, 0.25) is 0 Å². The lowest BCUT2D eigenvalue weighted by molar-refractivity contribution is 0.473. The minimum Gasteiger partial charge on any atom is -0.465 e. The second kappa shape index (κ2) is 20.0. The van der Waals surface area contributed by atoms with Gasteiger partial charge in [0.05, 0.1) is 6.26 Å². The summed E-state index contributed by atoms with van der Waals surface area (Å²) in [6.45, 7) is 4.38. The molecule has 1 heteroatoms. The number of ether oxygens (including phenoxy) is 1. The SMILES string of the molecule is CCCCCCCCCCCCCCCCCCCC=COc1ccccc1C. The average Bonchev–Trinajstić information content (AvgIpc) is 2.73. The van der Waals surface area contributed by atoms with Crippen molar-refractivity contribution in [1.82, 2.24) is 0 Å². The van der Waals surface area contributed by atoms with Crippen LogP contribution in [0.15, 0.2) is 36.6 Å². The number of para-hydroxylation sites is 1. The molecule has 1 nitrogen and oxygen atoms in total. The first-order valence-corrected chi connectivity index (χ1v) is 12.7. The Labute approximate surface area is 182 Å². The molecule has 1 aromatic rings. The van der Waals surface area contributed by atoms with Crippen molar-refractivity contribution in [2.45, 2.75) is 129 Å². The predicted octanol–water partition coefficient (Wildman–Crippen LogP) is 9.93. The van der Waals surface area contributed by atoms with Crippen molar-refractivity contribution < 1.29 is 4.74 Å². The molecule has 166 valence electrons. The Bertz CT molecular complexity index is 491. The van der Waals surface area contributed by atoms with Gasteiger partial charge in [-0.15, -0.1) is 0 Å². The maximum Gasteiger partial charge on any atom is 0.129 e. The molecule has 0 aliphatic heterocycles. The monoisotopic (exact) mass is 400 g/mol. The van der Waals surface area contributed by atoms with Crippen LogP contribution in [0.1, 0.15) is 128 Å². The fraction of sp³-hybridized carbons (Fsp3) is 0.714. The first-order chi connectivity index (χ1) is 14.3. The number of hydrogen-bond acceptors (Lipinski definition) is 1. The molecular formula is C28H48O. The maximum atomic E-state index is 5.69. The fourth-order valence-electron chi connectivity index (χ4n) is 3.87. The molecule has 0 aliphatic carbocycles. The molecule has 0 N–H and O–H groups in total. The van der Waals surface area contributed by atoms with Gasteiger partial charge in [0.2, 0.25) is 0 Å². The Hall–Kier alpha value is -1.24. The molecular weight excluding hydrogens is 352 g/mol. The van der Waals surface area contributed by atoms with Crippen LogP contribution < -0.4 is 4.74 Å². The van der Waals surface area contributed by atoms with Crippen LogP contribution in [0.5, 0.6) is 5.75 Å². The zero-order valence-electron chi connectivity index (χ0n) is 19.6. The lowest BCUT2D eigenvalue weighted by Gasteiger charge is -2.04. The van der Waals surface area contributed by atoms with E-state index in [1.165, 1.54) is 115 Å². The number of unbranched alkanes of at least 4 members (excludes halogenated alkanes) is 17. The van der Waals surface area contributed by atoms with Crippen molar-refractivity contribution in [2.75, 3.05) is 0 Å². The normalized spacial score (nSPS) is 11.4. The van der Waals surface area contributed by atoms with E-state index in [9.17, 15) is 0 Å². The van der Waals surface area contributed by atoms with E-state index in [0.29, 0.717) is 0 Å². The molecule has 0 heterocycles. The van der Waals surface area contributed by atoms with Crippen molar-refractivity contribution in [3.05, 3.63) is 42.2 Å². The Morgan fingerprint density at radius 3 is 1.55 bits per heavy atom. The summed E-state index contributed by atoms with van der Waals surface area (Å²) in [5.74, 6) is 0.964. The first-order valence-electron chi connectivity index (χ1n) is 12.7. The van der Waals surface area contributed by atoms with Crippen LogP contribution in [0.4, 0.5) is 0 Å². The third-order valence-electron chi connectivity index (χ3n) is 5.86. The summed E-state index contributed by atoms with van der Waals surface area (Å²) in [7, 11) is 0. The van der Waals surface area contributed by atoms with Crippen molar-refractivity contribution >= 4 is 0 Å². The van der Waals surface area contributed by atoms with Gasteiger partial charge in [-0.05, 0) is 37.5 Å². The predicted molar refractivity (Wildman–Crippen MR) is 130 cm³/mol. The summed E-state index contributed by atoms with van der Waals surface area (Å²) in [4.78, 5) is 0. The molecule has 0 aliphatic rings. The van der Waals surface area contributed by atoms with Gasteiger partial charge in [-0.1, -0.05) is 128 Å². The van der Waals surface area contributed by atoms with Crippen LogP contribution in [-0.2, 0) is 0 Å². The van der Waals surface area contributed by atoms with Gasteiger partial charge in [0.25, 0.3) is 0 Å². The molecule has 0 saturated heterocycles. The van der Waals surface area contributed by atoms with Gasteiger partial charge in [0.15, 0.2) is 0 Å². The second-order valence-corrected chi connectivity index (χ2v) is 8.70.